The first-order valence-electron chi connectivity index (χ1n) is 10.2. The van der Waals surface area contributed by atoms with Crippen LogP contribution in [0.15, 0.2) is 70.5 Å². The molecule has 7 nitrogen and oxygen atoms in total. The zero-order valence-electron chi connectivity index (χ0n) is 18.6. The van der Waals surface area contributed by atoms with E-state index in [9.17, 15) is 9.59 Å². The fraction of sp³-hybridized carbons (Fsp3) is 0.167. The van der Waals surface area contributed by atoms with Crippen LogP contribution in [0, 0.1) is 13.8 Å². The van der Waals surface area contributed by atoms with Gasteiger partial charge >= 0.3 is 0 Å². The number of aromatic nitrogens is 4. The number of nitrogens with zero attached hydrogens (tertiary/aromatic N) is 4. The van der Waals surface area contributed by atoms with E-state index in [1.54, 1.807) is 12.1 Å². The van der Waals surface area contributed by atoms with Gasteiger partial charge in [-0.3, -0.25) is 9.59 Å². The second-order valence-electron chi connectivity index (χ2n) is 7.17. The van der Waals surface area contributed by atoms with Crippen LogP contribution in [0.3, 0.4) is 0 Å². The Labute approximate surface area is 211 Å². The van der Waals surface area contributed by atoms with Crippen molar-refractivity contribution < 1.29 is 4.74 Å². The summed E-state index contributed by atoms with van der Waals surface area (Å²) in [5.74, 6) is 0.313. The number of hydrogen-bond acceptors (Lipinski definition) is 5. The molecule has 2 aromatic carbocycles. The van der Waals surface area contributed by atoms with E-state index in [1.165, 1.54) is 21.8 Å². The second kappa shape index (κ2) is 11.3. The first-order chi connectivity index (χ1) is 16.2. The number of hydrogen-bond donors (Lipinski definition) is 0. The standard InChI is InChI=1S/C13H13ClN2O2.C11H8Cl2N2O/c1-3-18-11-8-15-16(13(17)12(11)14)10-6-4-5-9(2)7-10;1-7-3-2-4-8(5-7)15-11(16)10(13)9(12)6-14-15/h4-8H,3H2,1-2H3;2-6H,1H3. The van der Waals surface area contributed by atoms with Gasteiger partial charge in [-0.2, -0.15) is 19.6 Å². The quantitative estimate of drug-likeness (QED) is 0.359. The van der Waals surface area contributed by atoms with E-state index in [4.69, 9.17) is 39.5 Å². The molecule has 0 aliphatic carbocycles. The van der Waals surface area contributed by atoms with Crippen molar-refractivity contribution >= 4 is 34.8 Å². The zero-order valence-corrected chi connectivity index (χ0v) is 20.9. The van der Waals surface area contributed by atoms with Gasteiger partial charge in [0.05, 0.1) is 35.4 Å². The van der Waals surface area contributed by atoms with Crippen LogP contribution in [0.5, 0.6) is 5.75 Å². The normalized spacial score (nSPS) is 10.4. The van der Waals surface area contributed by atoms with Gasteiger partial charge in [0.2, 0.25) is 0 Å². The van der Waals surface area contributed by atoms with Crippen molar-refractivity contribution in [3.05, 3.63) is 108 Å². The Morgan fingerprint density at radius 1 is 0.794 bits per heavy atom. The molecule has 4 rings (SSSR count). The van der Waals surface area contributed by atoms with Gasteiger partial charge in [-0.1, -0.05) is 59.1 Å². The van der Waals surface area contributed by atoms with Gasteiger partial charge in [-0.15, -0.1) is 0 Å². The van der Waals surface area contributed by atoms with Gasteiger partial charge in [0.1, 0.15) is 5.02 Å². The Kier molecular flexibility index (Phi) is 8.50. The zero-order chi connectivity index (χ0) is 24.8. The molecule has 34 heavy (non-hydrogen) atoms. The van der Waals surface area contributed by atoms with Gasteiger partial charge in [0, 0.05) is 0 Å². The fourth-order valence-electron chi connectivity index (χ4n) is 2.97. The third-order valence-electron chi connectivity index (χ3n) is 4.56. The first-order valence-corrected chi connectivity index (χ1v) is 11.3. The summed E-state index contributed by atoms with van der Waals surface area (Å²) in [6.45, 7) is 6.15. The molecule has 10 heteroatoms. The van der Waals surface area contributed by atoms with Crippen molar-refractivity contribution in [2.24, 2.45) is 0 Å². The molecular formula is C24H21Cl3N4O3. The molecule has 0 spiro atoms. The van der Waals surface area contributed by atoms with Crippen LogP contribution in [0.1, 0.15) is 18.1 Å². The molecule has 0 fully saturated rings. The third-order valence-corrected chi connectivity index (χ3v) is 5.65. The number of rotatable bonds is 4. The lowest BCUT2D eigenvalue weighted by Gasteiger charge is -2.08. The van der Waals surface area contributed by atoms with Crippen LogP contribution in [-0.4, -0.2) is 26.2 Å². The molecule has 0 radical (unpaired) electrons. The number of aryl methyl sites for hydroxylation is 2. The average molecular weight is 520 g/mol. The molecule has 0 bridgehead atoms. The summed E-state index contributed by atoms with van der Waals surface area (Å²) < 4.78 is 7.71. The number of halogens is 3. The molecule has 2 heterocycles. The van der Waals surface area contributed by atoms with Crippen molar-refractivity contribution in [3.63, 3.8) is 0 Å². The van der Waals surface area contributed by atoms with Gasteiger partial charge in [-0.25, -0.2) is 0 Å². The van der Waals surface area contributed by atoms with Crippen LogP contribution in [0.2, 0.25) is 15.1 Å². The number of benzene rings is 2. The molecule has 0 N–H and O–H groups in total. The highest BCUT2D eigenvalue weighted by Gasteiger charge is 2.11. The van der Waals surface area contributed by atoms with Crippen molar-refractivity contribution in [1.82, 2.24) is 19.6 Å². The highest BCUT2D eigenvalue weighted by atomic mass is 35.5. The maximum atomic E-state index is 12.1. The minimum absolute atomic E-state index is 0.0156. The average Bonchev–Trinajstić information content (AvgIpc) is 2.81. The van der Waals surface area contributed by atoms with Crippen LogP contribution >= 0.6 is 34.8 Å². The molecule has 2 aromatic heterocycles. The molecule has 0 saturated carbocycles. The van der Waals surface area contributed by atoms with Gasteiger partial charge in [0.15, 0.2) is 10.8 Å². The maximum absolute atomic E-state index is 12.1. The largest absolute Gasteiger partial charge is 0.490 e. The second-order valence-corrected chi connectivity index (χ2v) is 8.34. The summed E-state index contributed by atoms with van der Waals surface area (Å²) >= 11 is 17.4. The highest BCUT2D eigenvalue weighted by molar-refractivity contribution is 6.41. The highest BCUT2D eigenvalue weighted by Crippen LogP contribution is 2.19. The summed E-state index contributed by atoms with van der Waals surface area (Å²) in [6, 6.07) is 14.9. The first kappa shape index (κ1) is 25.5. The van der Waals surface area contributed by atoms with E-state index in [2.05, 4.69) is 10.2 Å². The Bertz CT molecular complexity index is 1430. The lowest BCUT2D eigenvalue weighted by Crippen LogP contribution is -2.22. The van der Waals surface area contributed by atoms with Crippen molar-refractivity contribution in [3.8, 4) is 17.1 Å². The monoisotopic (exact) mass is 518 g/mol. The lowest BCUT2D eigenvalue weighted by atomic mass is 10.2. The van der Waals surface area contributed by atoms with Crippen LogP contribution in [0.4, 0.5) is 0 Å². The maximum Gasteiger partial charge on any atom is 0.294 e. The van der Waals surface area contributed by atoms with Crippen LogP contribution < -0.4 is 15.9 Å². The SMILES string of the molecule is CCOc1cnn(-c2cccc(C)c2)c(=O)c1Cl.Cc1cccc(-n2ncc(Cl)c(Cl)c2=O)c1. The summed E-state index contributed by atoms with van der Waals surface area (Å²) in [6.07, 6.45) is 2.81. The summed E-state index contributed by atoms with van der Waals surface area (Å²) in [5.41, 5.74) is 2.64. The smallest absolute Gasteiger partial charge is 0.294 e. The molecule has 0 atom stereocenters. The minimum atomic E-state index is -0.417. The Balaban J connectivity index is 0.000000192. The van der Waals surface area contributed by atoms with Gasteiger partial charge < -0.3 is 4.74 Å². The van der Waals surface area contributed by atoms with E-state index < -0.39 is 5.56 Å². The molecule has 176 valence electrons. The number of ether oxygens (including phenoxy) is 1. The molecular weight excluding hydrogens is 499 g/mol. The Morgan fingerprint density at radius 2 is 1.29 bits per heavy atom. The molecule has 0 aliphatic rings. The van der Waals surface area contributed by atoms with Crippen molar-refractivity contribution in [2.45, 2.75) is 20.8 Å². The van der Waals surface area contributed by atoms with Gasteiger partial charge in [-0.05, 0) is 56.2 Å². The van der Waals surface area contributed by atoms with E-state index in [0.717, 1.165) is 11.1 Å². The molecule has 4 aromatic rings. The fourth-order valence-corrected chi connectivity index (χ4v) is 3.41. The predicted molar refractivity (Wildman–Crippen MR) is 135 cm³/mol. The van der Waals surface area contributed by atoms with E-state index >= 15 is 0 Å². The molecule has 0 saturated heterocycles. The molecule has 0 aliphatic heterocycles. The molecule has 0 amide bonds. The van der Waals surface area contributed by atoms with Crippen LogP contribution in [-0.2, 0) is 0 Å². The summed E-state index contributed by atoms with van der Waals surface area (Å²) in [7, 11) is 0. The summed E-state index contributed by atoms with van der Waals surface area (Å²) in [5, 5.41) is 8.20. The van der Waals surface area contributed by atoms with E-state index in [1.807, 2.05) is 57.2 Å². The lowest BCUT2D eigenvalue weighted by molar-refractivity contribution is 0.337. The third kappa shape index (κ3) is 5.86. The van der Waals surface area contributed by atoms with Crippen molar-refractivity contribution in [1.29, 1.82) is 0 Å². The van der Waals surface area contributed by atoms with Gasteiger partial charge in [0.25, 0.3) is 11.1 Å². The van der Waals surface area contributed by atoms with Crippen LogP contribution in [0.25, 0.3) is 11.4 Å². The Hall–Kier alpha value is -3.13. The minimum Gasteiger partial charge on any atom is -0.490 e. The predicted octanol–water partition coefficient (Wildman–Crippen LogP) is 5.44. The summed E-state index contributed by atoms with van der Waals surface area (Å²) in [4.78, 5) is 23.9. The topological polar surface area (TPSA) is 79.0 Å². The molecule has 0 unspecified atom stereocenters. The van der Waals surface area contributed by atoms with E-state index in [0.29, 0.717) is 23.7 Å². The van der Waals surface area contributed by atoms with Crippen molar-refractivity contribution in [2.75, 3.05) is 6.61 Å². The Morgan fingerprint density at radius 3 is 1.79 bits per heavy atom. The van der Waals surface area contributed by atoms with E-state index in [-0.39, 0.29) is 20.6 Å².